The zero-order valence-corrected chi connectivity index (χ0v) is 20.0. The van der Waals surface area contributed by atoms with Crippen LogP contribution in [0.25, 0.3) is 0 Å². The number of nitrogens with zero attached hydrogens (tertiary/aromatic N) is 3. The minimum absolute atomic E-state index is 0.269. The van der Waals surface area contributed by atoms with E-state index in [0.717, 1.165) is 57.3 Å². The molecular weight excluding hydrogens is 398 g/mol. The van der Waals surface area contributed by atoms with Gasteiger partial charge >= 0.3 is 0 Å². The van der Waals surface area contributed by atoms with Gasteiger partial charge in [-0.05, 0) is 55.7 Å². The summed E-state index contributed by atoms with van der Waals surface area (Å²) in [5.74, 6) is 2.26. The van der Waals surface area contributed by atoms with Crippen LogP contribution in [0.1, 0.15) is 63.0 Å². The third-order valence-corrected chi connectivity index (χ3v) is 7.47. The van der Waals surface area contributed by atoms with Gasteiger partial charge in [0.2, 0.25) is 5.91 Å². The van der Waals surface area contributed by atoms with Crippen molar-refractivity contribution in [2.45, 2.75) is 71.0 Å². The number of nitrogens with one attached hydrogen (secondary N) is 2. The summed E-state index contributed by atoms with van der Waals surface area (Å²) in [6, 6.07) is 9.03. The fourth-order valence-corrected chi connectivity index (χ4v) is 5.63. The van der Waals surface area contributed by atoms with Crippen molar-refractivity contribution in [1.29, 1.82) is 0 Å². The Morgan fingerprint density at radius 1 is 1.03 bits per heavy atom. The number of hydrogen-bond acceptors (Lipinski definition) is 3. The van der Waals surface area contributed by atoms with E-state index in [-0.39, 0.29) is 12.0 Å². The predicted molar refractivity (Wildman–Crippen MR) is 130 cm³/mol. The van der Waals surface area contributed by atoms with Crippen molar-refractivity contribution in [3.05, 3.63) is 35.4 Å². The molecule has 3 aliphatic rings. The maximum absolute atomic E-state index is 12.7. The molecule has 2 N–H and O–H groups in total. The molecule has 2 unspecified atom stereocenters. The van der Waals surface area contributed by atoms with Crippen LogP contribution < -0.4 is 10.6 Å². The lowest BCUT2D eigenvalue weighted by molar-refractivity contribution is -0.134. The molecule has 176 valence electrons. The second-order valence-electron chi connectivity index (χ2n) is 10.1. The first kappa shape index (κ1) is 23.1. The van der Waals surface area contributed by atoms with Gasteiger partial charge in [0.1, 0.15) is 0 Å². The van der Waals surface area contributed by atoms with Crippen molar-refractivity contribution in [2.24, 2.45) is 16.8 Å². The van der Waals surface area contributed by atoms with Crippen LogP contribution in [0, 0.1) is 11.8 Å². The minimum atomic E-state index is 0.269. The first-order valence-corrected chi connectivity index (χ1v) is 12.7. The van der Waals surface area contributed by atoms with Gasteiger partial charge in [0.05, 0.1) is 0 Å². The molecule has 2 heterocycles. The number of amides is 1. The Hall–Kier alpha value is -2.08. The van der Waals surface area contributed by atoms with Gasteiger partial charge in [-0.1, -0.05) is 44.0 Å². The molecule has 0 radical (unpaired) electrons. The number of hydrogen-bond donors (Lipinski definition) is 2. The van der Waals surface area contributed by atoms with E-state index in [1.54, 1.807) is 0 Å². The summed E-state index contributed by atoms with van der Waals surface area (Å²) in [4.78, 5) is 21.8. The number of likely N-dealkylation sites (tertiary alicyclic amines) is 2. The van der Waals surface area contributed by atoms with Crippen LogP contribution in [0.2, 0.25) is 0 Å². The lowest BCUT2D eigenvalue weighted by Crippen LogP contribution is -2.45. The molecule has 6 nitrogen and oxygen atoms in total. The van der Waals surface area contributed by atoms with E-state index < -0.39 is 0 Å². The summed E-state index contributed by atoms with van der Waals surface area (Å²) < 4.78 is 0. The summed E-state index contributed by atoms with van der Waals surface area (Å²) >= 11 is 0. The van der Waals surface area contributed by atoms with E-state index in [9.17, 15) is 4.79 Å². The lowest BCUT2D eigenvalue weighted by Gasteiger charge is -2.31. The molecule has 2 atom stereocenters. The summed E-state index contributed by atoms with van der Waals surface area (Å²) in [5.41, 5.74) is 2.73. The smallest absolute Gasteiger partial charge is 0.225 e. The molecule has 3 fully saturated rings. The minimum Gasteiger partial charge on any atom is -0.352 e. The molecule has 0 spiro atoms. The normalized spacial score (nSPS) is 25.3. The van der Waals surface area contributed by atoms with Gasteiger partial charge in [-0.25, -0.2) is 0 Å². The highest BCUT2D eigenvalue weighted by molar-refractivity contribution is 5.81. The van der Waals surface area contributed by atoms with Gasteiger partial charge in [-0.2, -0.15) is 0 Å². The van der Waals surface area contributed by atoms with E-state index >= 15 is 0 Å². The second kappa shape index (κ2) is 11.2. The highest BCUT2D eigenvalue weighted by Gasteiger charge is 2.32. The van der Waals surface area contributed by atoms with Crippen molar-refractivity contribution in [1.82, 2.24) is 20.4 Å². The number of carbonyl (C=O) groups is 1. The Labute approximate surface area is 193 Å². The van der Waals surface area contributed by atoms with Crippen LogP contribution >= 0.6 is 0 Å². The SMILES string of the molecule is CN=C(NCc1ccccc1CN1CCCC(C)C1)NC1CCN(C(=O)C2CCCC2)C1. The van der Waals surface area contributed by atoms with Crippen LogP contribution in [0.5, 0.6) is 0 Å². The average molecular weight is 440 g/mol. The number of carbonyl (C=O) groups excluding carboxylic acids is 1. The first-order chi connectivity index (χ1) is 15.6. The van der Waals surface area contributed by atoms with Crippen molar-refractivity contribution in [3.63, 3.8) is 0 Å². The van der Waals surface area contributed by atoms with Gasteiger partial charge in [-0.3, -0.25) is 14.7 Å². The molecule has 1 aliphatic carbocycles. The van der Waals surface area contributed by atoms with Gasteiger partial charge in [0.15, 0.2) is 5.96 Å². The van der Waals surface area contributed by atoms with Gasteiger partial charge < -0.3 is 15.5 Å². The Bertz CT molecular complexity index is 788. The van der Waals surface area contributed by atoms with Crippen molar-refractivity contribution >= 4 is 11.9 Å². The molecule has 4 rings (SSSR count). The molecule has 1 amide bonds. The third-order valence-electron chi connectivity index (χ3n) is 7.47. The largest absolute Gasteiger partial charge is 0.352 e. The average Bonchev–Trinajstić information content (AvgIpc) is 3.50. The summed E-state index contributed by atoms with van der Waals surface area (Å²) in [5, 5.41) is 7.07. The van der Waals surface area contributed by atoms with Crippen LogP contribution in [0.15, 0.2) is 29.3 Å². The molecule has 6 heteroatoms. The highest BCUT2D eigenvalue weighted by Crippen LogP contribution is 2.28. The number of guanidine groups is 1. The first-order valence-electron chi connectivity index (χ1n) is 12.7. The summed E-state index contributed by atoms with van der Waals surface area (Å²) in [7, 11) is 1.83. The van der Waals surface area contributed by atoms with Crippen LogP contribution in [0.4, 0.5) is 0 Å². The molecule has 1 aromatic carbocycles. The fraction of sp³-hybridized carbons (Fsp3) is 0.692. The van der Waals surface area contributed by atoms with Gasteiger partial charge in [0.25, 0.3) is 0 Å². The Morgan fingerprint density at radius 2 is 1.81 bits per heavy atom. The quantitative estimate of drug-likeness (QED) is 0.527. The van der Waals surface area contributed by atoms with E-state index in [0.29, 0.717) is 5.91 Å². The monoisotopic (exact) mass is 439 g/mol. The van der Waals surface area contributed by atoms with E-state index in [1.807, 2.05) is 7.05 Å². The maximum Gasteiger partial charge on any atom is 0.225 e. The Morgan fingerprint density at radius 3 is 2.56 bits per heavy atom. The van der Waals surface area contributed by atoms with Crippen molar-refractivity contribution in [2.75, 3.05) is 33.2 Å². The van der Waals surface area contributed by atoms with E-state index in [2.05, 4.69) is 56.6 Å². The van der Waals surface area contributed by atoms with E-state index in [1.165, 1.54) is 49.9 Å². The predicted octanol–water partition coefficient (Wildman–Crippen LogP) is 3.37. The molecule has 32 heavy (non-hydrogen) atoms. The number of aliphatic imine (C=N–C) groups is 1. The van der Waals surface area contributed by atoms with E-state index in [4.69, 9.17) is 0 Å². The molecule has 2 aliphatic heterocycles. The Balaban J connectivity index is 1.27. The molecule has 0 aromatic heterocycles. The van der Waals surface area contributed by atoms with Crippen LogP contribution in [0.3, 0.4) is 0 Å². The second-order valence-corrected chi connectivity index (χ2v) is 10.1. The van der Waals surface area contributed by atoms with Crippen LogP contribution in [-0.4, -0.2) is 60.9 Å². The molecule has 1 aromatic rings. The molecular formula is C26H41N5O. The summed E-state index contributed by atoms with van der Waals surface area (Å²) in [6.07, 6.45) is 8.22. The zero-order chi connectivity index (χ0) is 22.3. The number of benzene rings is 1. The van der Waals surface area contributed by atoms with Crippen molar-refractivity contribution in [3.8, 4) is 0 Å². The standard InChI is InChI=1S/C26H41N5O/c1-20-8-7-14-30(17-20)18-23-12-6-5-11-22(23)16-28-26(27-2)29-24-13-15-31(19-24)25(32)21-9-3-4-10-21/h5-6,11-12,20-21,24H,3-4,7-10,13-19H2,1-2H3,(H2,27,28,29). The third kappa shape index (κ3) is 6.03. The fourth-order valence-electron chi connectivity index (χ4n) is 5.63. The highest BCUT2D eigenvalue weighted by atomic mass is 16.2. The van der Waals surface area contributed by atoms with Gasteiger partial charge in [-0.15, -0.1) is 0 Å². The summed E-state index contributed by atoms with van der Waals surface area (Å²) in [6.45, 7) is 8.20. The zero-order valence-electron chi connectivity index (χ0n) is 20.0. The molecule has 2 saturated heterocycles. The molecule has 0 bridgehead atoms. The maximum atomic E-state index is 12.7. The topological polar surface area (TPSA) is 60.0 Å². The van der Waals surface area contributed by atoms with Crippen LogP contribution in [-0.2, 0) is 17.9 Å². The number of rotatable bonds is 6. The van der Waals surface area contributed by atoms with Crippen molar-refractivity contribution < 1.29 is 4.79 Å². The molecule has 1 saturated carbocycles. The lowest BCUT2D eigenvalue weighted by atomic mass is 9.99. The van der Waals surface area contributed by atoms with Gasteiger partial charge in [0, 0.05) is 51.7 Å². The number of piperidine rings is 1. The Kier molecular flexibility index (Phi) is 8.06.